The number of likely N-dealkylation sites (N-methyl/N-ethyl adjacent to an activating group) is 1. The summed E-state index contributed by atoms with van der Waals surface area (Å²) >= 11 is 3.27. The fourth-order valence-corrected chi connectivity index (χ4v) is 4.97. The topological polar surface area (TPSA) is 69.6 Å². The average molecular weight is 377 g/mol. The Morgan fingerprint density at radius 2 is 2.24 bits per heavy atom. The molecule has 1 aliphatic rings. The van der Waals surface area contributed by atoms with Crippen molar-refractivity contribution in [3.8, 4) is 0 Å². The lowest BCUT2D eigenvalue weighted by atomic mass is 10.1. The number of likely N-dealkylation sites (tertiary alicyclic amines) is 1. The van der Waals surface area contributed by atoms with Crippen LogP contribution < -0.4 is 4.72 Å². The molecule has 1 heterocycles. The van der Waals surface area contributed by atoms with Crippen LogP contribution in [0.2, 0.25) is 0 Å². The maximum atomic E-state index is 12.5. The predicted octanol–water partition coefficient (Wildman–Crippen LogP) is 1.70. The van der Waals surface area contributed by atoms with Gasteiger partial charge in [-0.2, -0.15) is 0 Å². The van der Waals surface area contributed by atoms with Gasteiger partial charge in [0, 0.05) is 17.1 Å². The predicted molar refractivity (Wildman–Crippen MR) is 85.5 cm³/mol. The minimum Gasteiger partial charge on any atom is -0.392 e. The number of rotatable bonds is 5. The van der Waals surface area contributed by atoms with Gasteiger partial charge in [-0.15, -0.1) is 0 Å². The molecule has 2 rings (SSSR count). The van der Waals surface area contributed by atoms with E-state index in [4.69, 9.17) is 5.11 Å². The van der Waals surface area contributed by atoms with Gasteiger partial charge in [0.25, 0.3) is 0 Å². The van der Waals surface area contributed by atoms with E-state index in [0.717, 1.165) is 32.5 Å². The standard InChI is InChI=1S/C14H21BrN2O3S/c1-2-17-7-3-4-12(9-17)16-21(19,20)14-6-5-11(10-18)8-13(14)15/h5-6,8,12,16,18H,2-4,7,9-10H2,1H3. The van der Waals surface area contributed by atoms with E-state index >= 15 is 0 Å². The van der Waals surface area contributed by atoms with Crippen LogP contribution in [0.25, 0.3) is 0 Å². The molecule has 21 heavy (non-hydrogen) atoms. The van der Waals surface area contributed by atoms with Crippen LogP contribution in [-0.2, 0) is 16.6 Å². The first-order valence-corrected chi connectivity index (χ1v) is 9.38. The molecular formula is C14H21BrN2O3S. The first kappa shape index (κ1) is 16.9. The number of benzene rings is 1. The summed E-state index contributed by atoms with van der Waals surface area (Å²) in [5.41, 5.74) is 0.677. The zero-order chi connectivity index (χ0) is 15.5. The first-order valence-electron chi connectivity index (χ1n) is 7.10. The van der Waals surface area contributed by atoms with Crippen LogP contribution >= 0.6 is 15.9 Å². The Hall–Kier alpha value is -0.470. The molecule has 1 atom stereocenters. The molecule has 0 aromatic heterocycles. The third kappa shape index (κ3) is 4.26. The highest BCUT2D eigenvalue weighted by Crippen LogP contribution is 2.24. The summed E-state index contributed by atoms with van der Waals surface area (Å²) < 4.78 is 28.3. The Bertz CT molecular complexity index is 592. The fraction of sp³-hybridized carbons (Fsp3) is 0.571. The maximum Gasteiger partial charge on any atom is 0.241 e. The molecule has 0 bridgehead atoms. The van der Waals surface area contributed by atoms with Gasteiger partial charge in [0.05, 0.1) is 11.5 Å². The highest BCUT2D eigenvalue weighted by Gasteiger charge is 2.25. The SMILES string of the molecule is CCN1CCCC(NS(=O)(=O)c2ccc(CO)cc2Br)C1. The monoisotopic (exact) mass is 376 g/mol. The Morgan fingerprint density at radius 3 is 2.86 bits per heavy atom. The molecular weight excluding hydrogens is 356 g/mol. The van der Waals surface area contributed by atoms with E-state index in [-0.39, 0.29) is 17.5 Å². The molecule has 1 fully saturated rings. The summed E-state index contributed by atoms with van der Waals surface area (Å²) in [6.45, 7) is 4.69. The number of piperidine rings is 1. The second-order valence-electron chi connectivity index (χ2n) is 5.28. The molecule has 7 heteroatoms. The van der Waals surface area contributed by atoms with Gasteiger partial charge in [0.2, 0.25) is 10.0 Å². The Labute approximate surface area is 134 Å². The summed E-state index contributed by atoms with van der Waals surface area (Å²) in [6.07, 6.45) is 1.87. The van der Waals surface area contributed by atoms with Gasteiger partial charge in [-0.05, 0) is 59.6 Å². The van der Waals surface area contributed by atoms with Gasteiger partial charge >= 0.3 is 0 Å². The van der Waals surface area contributed by atoms with Gasteiger partial charge in [0.1, 0.15) is 0 Å². The van der Waals surface area contributed by atoms with Crippen LogP contribution in [0, 0.1) is 0 Å². The minimum absolute atomic E-state index is 0.0480. The number of hydrogen-bond donors (Lipinski definition) is 2. The summed E-state index contributed by atoms with van der Waals surface area (Å²) in [7, 11) is -3.55. The first-order chi connectivity index (χ1) is 9.96. The molecule has 0 spiro atoms. The highest BCUT2D eigenvalue weighted by atomic mass is 79.9. The van der Waals surface area contributed by atoms with Gasteiger partial charge < -0.3 is 10.0 Å². The molecule has 0 saturated carbocycles. The van der Waals surface area contributed by atoms with Gasteiger partial charge in [-0.25, -0.2) is 13.1 Å². The molecule has 0 aliphatic carbocycles. The van der Waals surface area contributed by atoms with E-state index in [2.05, 4.69) is 32.5 Å². The van der Waals surface area contributed by atoms with Crippen molar-refractivity contribution in [2.75, 3.05) is 19.6 Å². The molecule has 118 valence electrons. The number of hydrogen-bond acceptors (Lipinski definition) is 4. The molecule has 1 aromatic carbocycles. The normalized spacial score (nSPS) is 20.6. The second kappa shape index (κ2) is 7.19. The number of aliphatic hydroxyl groups is 1. The molecule has 0 radical (unpaired) electrons. The van der Waals surface area contributed by atoms with Crippen LogP contribution in [0.4, 0.5) is 0 Å². The van der Waals surface area contributed by atoms with E-state index in [1.165, 1.54) is 6.07 Å². The molecule has 5 nitrogen and oxygen atoms in total. The van der Waals surface area contributed by atoms with E-state index in [1.54, 1.807) is 12.1 Å². The quantitative estimate of drug-likeness (QED) is 0.820. The smallest absolute Gasteiger partial charge is 0.241 e. The number of halogens is 1. The van der Waals surface area contributed by atoms with E-state index < -0.39 is 10.0 Å². The summed E-state index contributed by atoms with van der Waals surface area (Å²) in [5.74, 6) is 0. The molecule has 1 unspecified atom stereocenters. The van der Waals surface area contributed by atoms with Crippen molar-refractivity contribution >= 4 is 26.0 Å². The Balaban J connectivity index is 2.14. The van der Waals surface area contributed by atoms with Gasteiger partial charge in [-0.3, -0.25) is 0 Å². The lowest BCUT2D eigenvalue weighted by molar-refractivity contribution is 0.211. The van der Waals surface area contributed by atoms with Crippen molar-refractivity contribution < 1.29 is 13.5 Å². The van der Waals surface area contributed by atoms with Gasteiger partial charge in [0.15, 0.2) is 0 Å². The van der Waals surface area contributed by atoms with Crippen molar-refractivity contribution in [2.24, 2.45) is 0 Å². The average Bonchev–Trinajstić information content (AvgIpc) is 2.46. The van der Waals surface area contributed by atoms with E-state index in [1.807, 2.05) is 0 Å². The molecule has 1 aromatic rings. The van der Waals surface area contributed by atoms with Crippen LogP contribution in [-0.4, -0.2) is 44.1 Å². The molecule has 1 saturated heterocycles. The summed E-state index contributed by atoms with van der Waals surface area (Å²) in [4.78, 5) is 2.47. The van der Waals surface area contributed by atoms with Crippen LogP contribution in [0.15, 0.2) is 27.6 Å². The summed E-state index contributed by atoms with van der Waals surface area (Å²) in [6, 6.07) is 4.73. The van der Waals surface area contributed by atoms with Crippen LogP contribution in [0.5, 0.6) is 0 Å². The largest absolute Gasteiger partial charge is 0.392 e. The van der Waals surface area contributed by atoms with Crippen molar-refractivity contribution in [1.82, 2.24) is 9.62 Å². The third-order valence-electron chi connectivity index (χ3n) is 3.74. The summed E-state index contributed by atoms with van der Waals surface area (Å²) in [5, 5.41) is 9.08. The number of aliphatic hydroxyl groups excluding tert-OH is 1. The number of nitrogens with one attached hydrogen (secondary N) is 1. The molecule has 1 aliphatic heterocycles. The second-order valence-corrected chi connectivity index (χ2v) is 7.81. The van der Waals surface area contributed by atoms with Crippen LogP contribution in [0.3, 0.4) is 0 Å². The van der Waals surface area contributed by atoms with Crippen LogP contribution in [0.1, 0.15) is 25.3 Å². The van der Waals surface area contributed by atoms with Crippen molar-refractivity contribution in [3.05, 3.63) is 28.2 Å². The van der Waals surface area contributed by atoms with Crippen molar-refractivity contribution in [3.63, 3.8) is 0 Å². The number of sulfonamides is 1. The Morgan fingerprint density at radius 1 is 1.48 bits per heavy atom. The fourth-order valence-electron chi connectivity index (χ4n) is 2.58. The molecule has 0 amide bonds. The third-order valence-corrected chi connectivity index (χ3v) is 6.24. The highest BCUT2D eigenvalue weighted by molar-refractivity contribution is 9.10. The minimum atomic E-state index is -3.55. The zero-order valence-electron chi connectivity index (χ0n) is 12.0. The lowest BCUT2D eigenvalue weighted by Crippen LogP contribution is -2.47. The maximum absolute atomic E-state index is 12.5. The van der Waals surface area contributed by atoms with E-state index in [9.17, 15) is 8.42 Å². The van der Waals surface area contributed by atoms with Crippen molar-refractivity contribution in [2.45, 2.75) is 37.3 Å². The zero-order valence-corrected chi connectivity index (χ0v) is 14.5. The van der Waals surface area contributed by atoms with E-state index in [0.29, 0.717) is 10.0 Å². The van der Waals surface area contributed by atoms with Gasteiger partial charge in [-0.1, -0.05) is 13.0 Å². The number of nitrogens with zero attached hydrogens (tertiary/aromatic N) is 1. The molecule has 2 N–H and O–H groups in total. The lowest BCUT2D eigenvalue weighted by Gasteiger charge is -2.32. The Kier molecular flexibility index (Phi) is 5.79. The van der Waals surface area contributed by atoms with Crippen molar-refractivity contribution in [1.29, 1.82) is 0 Å².